The first-order chi connectivity index (χ1) is 16.2. The van der Waals surface area contributed by atoms with Gasteiger partial charge in [0.15, 0.2) is 0 Å². The Hall–Kier alpha value is -0.870. The summed E-state index contributed by atoms with van der Waals surface area (Å²) < 4.78 is 5.94. The summed E-state index contributed by atoms with van der Waals surface area (Å²) in [7, 11) is 1.81. The summed E-state index contributed by atoms with van der Waals surface area (Å²) in [6.07, 6.45) is 12.8. The van der Waals surface area contributed by atoms with Crippen molar-refractivity contribution in [3.63, 3.8) is 0 Å². The molecule has 0 amide bonds. The highest BCUT2D eigenvalue weighted by atomic mass is 16.5. The topological polar surface area (TPSA) is 66.8 Å². The number of fused-ring (bicyclic) bond motifs is 7. The van der Waals surface area contributed by atoms with Crippen molar-refractivity contribution >= 4 is 5.97 Å². The summed E-state index contributed by atoms with van der Waals surface area (Å²) >= 11 is 0. The van der Waals surface area contributed by atoms with Gasteiger partial charge in [-0.25, -0.2) is 0 Å². The third-order valence-electron chi connectivity index (χ3n) is 13.4. The van der Waals surface area contributed by atoms with E-state index in [0.29, 0.717) is 11.8 Å². The minimum Gasteiger partial charge on any atom is -0.481 e. The van der Waals surface area contributed by atoms with Crippen LogP contribution in [0, 0.1) is 50.2 Å². The third kappa shape index (κ3) is 3.14. The highest BCUT2D eigenvalue weighted by molar-refractivity contribution is 5.76. The van der Waals surface area contributed by atoms with Gasteiger partial charge >= 0.3 is 5.97 Å². The molecule has 4 nitrogen and oxygen atoms in total. The molecule has 0 aromatic carbocycles. The lowest BCUT2D eigenvalue weighted by atomic mass is 9.33. The molecular formula is C31H50O4. The molecule has 0 aromatic rings. The van der Waals surface area contributed by atoms with Crippen LogP contribution in [0.3, 0.4) is 0 Å². The molecule has 5 aliphatic rings. The van der Waals surface area contributed by atoms with Crippen LogP contribution in [0.5, 0.6) is 0 Å². The molecule has 0 radical (unpaired) electrons. The zero-order valence-corrected chi connectivity index (χ0v) is 23.4. The maximum absolute atomic E-state index is 12.8. The molecule has 2 N–H and O–H groups in total. The van der Waals surface area contributed by atoms with Crippen molar-refractivity contribution in [2.75, 3.05) is 13.7 Å². The molecule has 198 valence electrons. The highest BCUT2D eigenvalue weighted by Gasteiger charge is 2.69. The number of methoxy groups -OCH3 is 1. The molecule has 0 aliphatic heterocycles. The van der Waals surface area contributed by atoms with Crippen LogP contribution >= 0.6 is 0 Å². The smallest absolute Gasteiger partial charge is 0.310 e. The average Bonchev–Trinajstić information content (AvgIpc) is 2.79. The Morgan fingerprint density at radius 1 is 0.971 bits per heavy atom. The van der Waals surface area contributed by atoms with E-state index in [9.17, 15) is 15.0 Å². The van der Waals surface area contributed by atoms with Crippen LogP contribution in [0.25, 0.3) is 0 Å². The Kier molecular flexibility index (Phi) is 5.76. The van der Waals surface area contributed by atoms with Gasteiger partial charge in [0.25, 0.3) is 0 Å². The maximum Gasteiger partial charge on any atom is 0.310 e. The van der Waals surface area contributed by atoms with E-state index in [4.69, 9.17) is 4.74 Å². The second-order valence-electron chi connectivity index (χ2n) is 15.1. The highest BCUT2D eigenvalue weighted by Crippen LogP contribution is 2.75. The quantitative estimate of drug-likeness (QED) is 0.428. The summed E-state index contributed by atoms with van der Waals surface area (Å²) in [5, 5.41) is 21.1. The number of carbonyl (C=O) groups is 1. The molecule has 5 rings (SSSR count). The first-order valence-electron chi connectivity index (χ1n) is 14.3. The van der Waals surface area contributed by atoms with Gasteiger partial charge in [0.05, 0.1) is 18.1 Å². The van der Waals surface area contributed by atoms with Crippen molar-refractivity contribution < 1.29 is 19.7 Å². The fourth-order valence-corrected chi connectivity index (χ4v) is 11.0. The number of aliphatic hydroxyl groups is 1. The van der Waals surface area contributed by atoms with Crippen LogP contribution < -0.4 is 0 Å². The van der Waals surface area contributed by atoms with Gasteiger partial charge in [0.2, 0.25) is 0 Å². The molecule has 5 aliphatic carbocycles. The number of hydrogen-bond acceptors (Lipinski definition) is 3. The number of aliphatic hydroxyl groups excluding tert-OH is 1. The normalized spacial score (nSPS) is 52.9. The van der Waals surface area contributed by atoms with E-state index in [1.165, 1.54) is 5.57 Å². The molecular weight excluding hydrogens is 436 g/mol. The number of carboxylic acid groups (broad SMARTS) is 1. The fraction of sp³-hybridized carbons (Fsp3) is 0.903. The van der Waals surface area contributed by atoms with Gasteiger partial charge in [-0.2, -0.15) is 0 Å². The van der Waals surface area contributed by atoms with Crippen LogP contribution in [0.1, 0.15) is 106 Å². The van der Waals surface area contributed by atoms with E-state index in [1.54, 1.807) is 0 Å². The van der Waals surface area contributed by atoms with E-state index in [2.05, 4.69) is 47.6 Å². The molecule has 9 atom stereocenters. The fourth-order valence-electron chi connectivity index (χ4n) is 11.0. The summed E-state index contributed by atoms with van der Waals surface area (Å²) in [5.41, 5.74) is 1.29. The van der Waals surface area contributed by atoms with E-state index >= 15 is 0 Å². The van der Waals surface area contributed by atoms with Gasteiger partial charge in [-0.3, -0.25) is 4.79 Å². The van der Waals surface area contributed by atoms with Crippen molar-refractivity contribution in [1.82, 2.24) is 0 Å². The molecule has 0 saturated heterocycles. The van der Waals surface area contributed by atoms with Crippen LogP contribution in [-0.4, -0.2) is 36.0 Å². The molecule has 0 heterocycles. The Morgan fingerprint density at radius 3 is 2.29 bits per heavy atom. The molecule has 0 unspecified atom stereocenters. The Morgan fingerprint density at radius 2 is 1.66 bits per heavy atom. The second-order valence-corrected chi connectivity index (χ2v) is 15.1. The van der Waals surface area contributed by atoms with Crippen molar-refractivity contribution in [3.8, 4) is 0 Å². The Balaban J connectivity index is 1.59. The first-order valence-corrected chi connectivity index (χ1v) is 14.3. The number of rotatable bonds is 3. The second kappa shape index (κ2) is 7.82. The predicted octanol–water partition coefficient (Wildman–Crippen LogP) is 6.86. The summed E-state index contributed by atoms with van der Waals surface area (Å²) in [4.78, 5) is 12.8. The number of allylic oxidation sites excluding steroid dienone is 2. The summed E-state index contributed by atoms with van der Waals surface area (Å²) in [6, 6.07) is 0. The average molecular weight is 487 g/mol. The minimum absolute atomic E-state index is 0.0503. The number of ether oxygens (including phenoxy) is 1. The number of hydrogen-bond donors (Lipinski definition) is 2. The lowest BCUT2D eigenvalue weighted by molar-refractivity contribution is -0.220. The standard InChI is InChI=1S/C31H50O4/c1-26(2)14-16-31(25(33)34)17-15-29(5)20(21(31)18-26)8-9-23-27(3)12-11-24(35-7)28(4,19-32)22(27)10-13-30(23,29)6/h8,21-24,32H,9-19H2,1-7H3,(H,33,34)/t21-,22+,23+,24-,27-,28-,29+,30+,31-/m0/s1. The van der Waals surface area contributed by atoms with Crippen LogP contribution in [0.4, 0.5) is 0 Å². The van der Waals surface area contributed by atoms with E-state index in [-0.39, 0.29) is 45.7 Å². The monoisotopic (exact) mass is 486 g/mol. The molecule has 0 bridgehead atoms. The zero-order valence-electron chi connectivity index (χ0n) is 23.4. The lowest BCUT2D eigenvalue weighted by Crippen LogP contribution is -2.66. The largest absolute Gasteiger partial charge is 0.481 e. The number of aliphatic carboxylic acids is 1. The molecule has 4 fully saturated rings. The van der Waals surface area contributed by atoms with Gasteiger partial charge in [-0.15, -0.1) is 0 Å². The van der Waals surface area contributed by atoms with Crippen molar-refractivity contribution in [2.45, 2.75) is 112 Å². The molecule has 4 saturated carbocycles. The maximum atomic E-state index is 12.8. The SMILES string of the molecule is CO[C@H]1CC[C@@]2(C)[C@@H](CC[C@]3(C)[C@@H]2CC=C2[C@@H]4CC(C)(C)CC[C@]4(C(=O)O)CC[C@]23C)[C@]1(C)CO. The minimum atomic E-state index is -0.572. The van der Waals surface area contributed by atoms with E-state index in [1.807, 2.05) is 7.11 Å². The van der Waals surface area contributed by atoms with E-state index in [0.717, 1.165) is 64.2 Å². The zero-order chi connectivity index (χ0) is 25.7. The van der Waals surface area contributed by atoms with Crippen LogP contribution in [-0.2, 0) is 9.53 Å². The van der Waals surface area contributed by atoms with Gasteiger partial charge in [-0.1, -0.05) is 53.2 Å². The van der Waals surface area contributed by atoms with Crippen molar-refractivity contribution in [2.24, 2.45) is 50.2 Å². The summed E-state index contributed by atoms with van der Waals surface area (Å²) in [5.74, 6) is 0.615. The lowest BCUT2D eigenvalue weighted by Gasteiger charge is -2.71. The Labute approximate surface area is 213 Å². The molecule has 0 aromatic heterocycles. The van der Waals surface area contributed by atoms with Gasteiger partial charge in [-0.05, 0) is 104 Å². The Bertz CT molecular complexity index is 923. The van der Waals surface area contributed by atoms with Gasteiger partial charge < -0.3 is 14.9 Å². The van der Waals surface area contributed by atoms with Crippen LogP contribution in [0.2, 0.25) is 0 Å². The molecule has 4 heteroatoms. The van der Waals surface area contributed by atoms with Gasteiger partial charge in [0, 0.05) is 12.5 Å². The van der Waals surface area contributed by atoms with Crippen LogP contribution in [0.15, 0.2) is 11.6 Å². The van der Waals surface area contributed by atoms with E-state index < -0.39 is 11.4 Å². The first kappa shape index (κ1) is 25.8. The predicted molar refractivity (Wildman–Crippen MR) is 139 cm³/mol. The van der Waals surface area contributed by atoms with Crippen molar-refractivity contribution in [3.05, 3.63) is 11.6 Å². The number of carboxylic acids is 1. The summed E-state index contributed by atoms with van der Waals surface area (Å²) in [6.45, 7) is 14.7. The van der Waals surface area contributed by atoms with Gasteiger partial charge in [0.1, 0.15) is 0 Å². The molecule has 35 heavy (non-hydrogen) atoms. The van der Waals surface area contributed by atoms with Crippen molar-refractivity contribution in [1.29, 1.82) is 0 Å². The third-order valence-corrected chi connectivity index (χ3v) is 13.4. The molecule has 0 spiro atoms.